The van der Waals surface area contributed by atoms with Crippen LogP contribution in [0.4, 0.5) is 13.2 Å². The van der Waals surface area contributed by atoms with Gasteiger partial charge in [-0.15, -0.1) is 11.3 Å². The molecule has 5 heteroatoms. The second-order valence-electron chi connectivity index (χ2n) is 4.20. The van der Waals surface area contributed by atoms with Gasteiger partial charge in [-0.2, -0.15) is 0 Å². The Kier molecular flexibility index (Phi) is 4.61. The van der Waals surface area contributed by atoms with E-state index in [0.29, 0.717) is 12.1 Å². The third kappa shape index (κ3) is 3.16. The minimum Gasteiger partial charge on any atom is -0.306 e. The average molecular weight is 285 g/mol. The van der Waals surface area contributed by atoms with Gasteiger partial charge in [-0.3, -0.25) is 0 Å². The summed E-state index contributed by atoms with van der Waals surface area (Å²) in [7, 11) is 0. The topological polar surface area (TPSA) is 12.0 Å². The highest BCUT2D eigenvalue weighted by Gasteiger charge is 2.19. The first-order valence-electron chi connectivity index (χ1n) is 6.04. The fraction of sp³-hybridized carbons (Fsp3) is 0.286. The van der Waals surface area contributed by atoms with Crippen molar-refractivity contribution in [1.29, 1.82) is 0 Å². The molecule has 1 heterocycles. The van der Waals surface area contributed by atoms with Gasteiger partial charge in [0.1, 0.15) is 0 Å². The first-order chi connectivity index (χ1) is 9.13. The highest BCUT2D eigenvalue weighted by atomic mass is 32.1. The molecule has 102 valence electrons. The molecule has 19 heavy (non-hydrogen) atoms. The molecule has 1 unspecified atom stereocenters. The smallest absolute Gasteiger partial charge is 0.194 e. The number of hydrogen-bond acceptors (Lipinski definition) is 2. The summed E-state index contributed by atoms with van der Waals surface area (Å²) in [6.45, 7) is 2.72. The number of nitrogens with one attached hydrogen (secondary N) is 1. The van der Waals surface area contributed by atoms with Crippen LogP contribution >= 0.6 is 11.3 Å². The zero-order valence-electron chi connectivity index (χ0n) is 10.4. The fourth-order valence-corrected chi connectivity index (χ4v) is 2.70. The van der Waals surface area contributed by atoms with Crippen LogP contribution in [0.3, 0.4) is 0 Å². The van der Waals surface area contributed by atoms with Crippen molar-refractivity contribution in [2.45, 2.75) is 19.4 Å². The van der Waals surface area contributed by atoms with Crippen molar-refractivity contribution in [2.24, 2.45) is 0 Å². The van der Waals surface area contributed by atoms with Crippen molar-refractivity contribution >= 4 is 11.3 Å². The van der Waals surface area contributed by atoms with Gasteiger partial charge in [0.2, 0.25) is 0 Å². The molecule has 0 aliphatic carbocycles. The third-order valence-corrected chi connectivity index (χ3v) is 3.70. The standard InChI is InChI=1S/C14H14F3NS/c1-2-5-18-14(12-4-3-6-19-12)9-7-10(15)13(17)11(16)8-9/h3-4,6-8,14,18H,2,5H2,1H3. The summed E-state index contributed by atoms with van der Waals surface area (Å²) in [6.07, 6.45) is 0.897. The summed E-state index contributed by atoms with van der Waals surface area (Å²) in [5.41, 5.74) is 0.396. The predicted molar refractivity (Wildman–Crippen MR) is 70.8 cm³/mol. The molecule has 0 aliphatic heterocycles. The number of thiophene rings is 1. The van der Waals surface area contributed by atoms with E-state index < -0.39 is 17.5 Å². The van der Waals surface area contributed by atoms with Crippen molar-refractivity contribution < 1.29 is 13.2 Å². The molecule has 2 rings (SSSR count). The van der Waals surface area contributed by atoms with Crippen molar-refractivity contribution in [3.63, 3.8) is 0 Å². The second-order valence-corrected chi connectivity index (χ2v) is 5.18. The van der Waals surface area contributed by atoms with E-state index in [0.717, 1.165) is 23.4 Å². The Hall–Kier alpha value is -1.33. The van der Waals surface area contributed by atoms with Gasteiger partial charge in [0.25, 0.3) is 0 Å². The van der Waals surface area contributed by atoms with Crippen LogP contribution in [0.25, 0.3) is 0 Å². The number of halogens is 3. The van der Waals surface area contributed by atoms with Crippen molar-refractivity contribution in [1.82, 2.24) is 5.32 Å². The molecule has 2 aromatic rings. The van der Waals surface area contributed by atoms with Crippen LogP contribution in [0.1, 0.15) is 29.8 Å². The third-order valence-electron chi connectivity index (χ3n) is 2.77. The van der Waals surface area contributed by atoms with Gasteiger partial charge in [0.05, 0.1) is 6.04 Å². The first-order valence-corrected chi connectivity index (χ1v) is 6.92. The van der Waals surface area contributed by atoms with Gasteiger partial charge in [-0.25, -0.2) is 13.2 Å². The van der Waals surface area contributed by atoms with Crippen LogP contribution in [0.2, 0.25) is 0 Å². The molecule has 0 radical (unpaired) electrons. The van der Waals surface area contributed by atoms with Crippen molar-refractivity contribution in [2.75, 3.05) is 6.54 Å². The van der Waals surface area contributed by atoms with E-state index in [-0.39, 0.29) is 6.04 Å². The minimum atomic E-state index is -1.43. The Morgan fingerprint density at radius 2 is 1.89 bits per heavy atom. The van der Waals surface area contributed by atoms with Crippen LogP contribution in [0.5, 0.6) is 0 Å². The molecule has 0 fully saturated rings. The van der Waals surface area contributed by atoms with Gasteiger partial charge in [-0.05, 0) is 42.1 Å². The zero-order valence-corrected chi connectivity index (χ0v) is 11.2. The second kappa shape index (κ2) is 6.21. The number of rotatable bonds is 5. The van der Waals surface area contributed by atoms with E-state index in [1.54, 1.807) is 0 Å². The van der Waals surface area contributed by atoms with E-state index in [1.165, 1.54) is 11.3 Å². The molecule has 0 spiro atoms. The molecular formula is C14H14F3NS. The summed E-state index contributed by atoms with van der Waals surface area (Å²) in [6, 6.07) is 5.54. The fourth-order valence-electron chi connectivity index (χ4n) is 1.87. The van der Waals surface area contributed by atoms with Gasteiger partial charge in [0.15, 0.2) is 17.5 Å². The Morgan fingerprint density at radius 1 is 1.21 bits per heavy atom. The Balaban J connectivity index is 2.38. The summed E-state index contributed by atoms with van der Waals surface area (Å²) < 4.78 is 39.7. The van der Waals surface area contributed by atoms with Crippen LogP contribution < -0.4 is 5.32 Å². The van der Waals surface area contributed by atoms with Crippen molar-refractivity contribution in [3.05, 3.63) is 57.5 Å². The minimum absolute atomic E-state index is 0.315. The Labute approximate surface area is 114 Å². The molecule has 1 aromatic heterocycles. The highest BCUT2D eigenvalue weighted by molar-refractivity contribution is 7.10. The lowest BCUT2D eigenvalue weighted by Crippen LogP contribution is -2.22. The molecular weight excluding hydrogens is 271 g/mol. The molecule has 0 saturated carbocycles. The number of benzene rings is 1. The number of hydrogen-bond donors (Lipinski definition) is 1. The SMILES string of the molecule is CCCNC(c1cc(F)c(F)c(F)c1)c1cccs1. The molecule has 1 aromatic carbocycles. The molecule has 0 saturated heterocycles. The lowest BCUT2D eigenvalue weighted by atomic mass is 10.0. The lowest BCUT2D eigenvalue weighted by Gasteiger charge is -2.18. The lowest BCUT2D eigenvalue weighted by molar-refractivity contribution is 0.442. The van der Waals surface area contributed by atoms with Crippen LogP contribution in [-0.4, -0.2) is 6.54 Å². The van der Waals surface area contributed by atoms with E-state index in [9.17, 15) is 13.2 Å². The van der Waals surface area contributed by atoms with E-state index in [4.69, 9.17) is 0 Å². The van der Waals surface area contributed by atoms with Gasteiger partial charge >= 0.3 is 0 Å². The summed E-state index contributed by atoms with van der Waals surface area (Å²) >= 11 is 1.49. The van der Waals surface area contributed by atoms with Gasteiger partial charge in [-0.1, -0.05) is 13.0 Å². The van der Waals surface area contributed by atoms with Gasteiger partial charge < -0.3 is 5.32 Å². The average Bonchev–Trinajstić information content (AvgIpc) is 2.90. The Morgan fingerprint density at radius 3 is 2.42 bits per heavy atom. The monoisotopic (exact) mass is 285 g/mol. The molecule has 0 bridgehead atoms. The Bertz CT molecular complexity index is 517. The summed E-state index contributed by atoms with van der Waals surface area (Å²) in [4.78, 5) is 0.943. The normalized spacial score (nSPS) is 12.6. The quantitative estimate of drug-likeness (QED) is 0.810. The molecule has 1 N–H and O–H groups in total. The highest BCUT2D eigenvalue weighted by Crippen LogP contribution is 2.28. The predicted octanol–water partition coefficient (Wildman–Crippen LogP) is 4.25. The first kappa shape index (κ1) is 14.1. The largest absolute Gasteiger partial charge is 0.306 e. The summed E-state index contributed by atoms with van der Waals surface area (Å²) in [5.74, 6) is -3.74. The zero-order chi connectivity index (χ0) is 13.8. The van der Waals surface area contributed by atoms with Crippen LogP contribution in [0, 0.1) is 17.5 Å². The van der Waals surface area contributed by atoms with Gasteiger partial charge in [0, 0.05) is 4.88 Å². The van der Waals surface area contributed by atoms with Crippen LogP contribution in [-0.2, 0) is 0 Å². The molecule has 1 nitrogen and oxygen atoms in total. The van der Waals surface area contributed by atoms with E-state index in [1.807, 2.05) is 24.4 Å². The maximum Gasteiger partial charge on any atom is 0.194 e. The summed E-state index contributed by atoms with van der Waals surface area (Å²) in [5, 5.41) is 5.11. The van der Waals surface area contributed by atoms with Crippen LogP contribution in [0.15, 0.2) is 29.6 Å². The van der Waals surface area contributed by atoms with Crippen molar-refractivity contribution in [3.8, 4) is 0 Å². The van der Waals surface area contributed by atoms with E-state index in [2.05, 4.69) is 5.32 Å². The molecule has 1 atom stereocenters. The molecule has 0 amide bonds. The van der Waals surface area contributed by atoms with E-state index >= 15 is 0 Å². The maximum atomic E-state index is 13.3. The molecule has 0 aliphatic rings. The maximum absolute atomic E-state index is 13.3.